The van der Waals surface area contributed by atoms with Gasteiger partial charge in [-0.15, -0.1) is 0 Å². The molecule has 0 aromatic heterocycles. The molecule has 2 atom stereocenters. The van der Waals surface area contributed by atoms with Gasteiger partial charge in [0, 0.05) is 0 Å². The SMILES string of the molecule is O=C(N[C@@H](CO)Cc1ccccc1)[C@H]1CCCCN1. The van der Waals surface area contributed by atoms with Gasteiger partial charge in [0.2, 0.25) is 5.91 Å². The number of benzene rings is 1. The molecule has 2 rings (SSSR count). The number of carbonyl (C=O) groups is 1. The van der Waals surface area contributed by atoms with Crippen molar-refractivity contribution in [2.75, 3.05) is 13.2 Å². The van der Waals surface area contributed by atoms with Gasteiger partial charge in [0.25, 0.3) is 0 Å². The fourth-order valence-electron chi connectivity index (χ4n) is 2.44. The predicted molar refractivity (Wildman–Crippen MR) is 74.8 cm³/mol. The summed E-state index contributed by atoms with van der Waals surface area (Å²) in [5.41, 5.74) is 1.12. The summed E-state index contributed by atoms with van der Waals surface area (Å²) in [5.74, 6) is 0.00896. The van der Waals surface area contributed by atoms with E-state index in [0.29, 0.717) is 6.42 Å². The molecule has 0 spiro atoms. The number of carbonyl (C=O) groups excluding carboxylic acids is 1. The fourth-order valence-corrected chi connectivity index (χ4v) is 2.44. The summed E-state index contributed by atoms with van der Waals surface area (Å²) in [6.07, 6.45) is 3.77. The Morgan fingerprint density at radius 1 is 1.37 bits per heavy atom. The van der Waals surface area contributed by atoms with Crippen LogP contribution in [-0.4, -0.2) is 36.2 Å². The van der Waals surface area contributed by atoms with Crippen LogP contribution in [0.15, 0.2) is 30.3 Å². The van der Waals surface area contributed by atoms with Crippen molar-refractivity contribution in [1.82, 2.24) is 10.6 Å². The zero-order valence-electron chi connectivity index (χ0n) is 11.1. The molecule has 0 bridgehead atoms. The van der Waals surface area contributed by atoms with Gasteiger partial charge in [-0.2, -0.15) is 0 Å². The molecule has 1 fully saturated rings. The van der Waals surface area contributed by atoms with Crippen molar-refractivity contribution >= 4 is 5.91 Å². The molecule has 0 unspecified atom stereocenters. The first kappa shape index (κ1) is 14.0. The van der Waals surface area contributed by atoms with E-state index in [2.05, 4.69) is 10.6 Å². The molecule has 1 aliphatic rings. The maximum atomic E-state index is 12.1. The predicted octanol–water partition coefficient (Wildman–Crippen LogP) is 0.848. The Hall–Kier alpha value is -1.39. The number of hydrogen-bond acceptors (Lipinski definition) is 3. The molecule has 0 radical (unpaired) electrons. The number of nitrogens with one attached hydrogen (secondary N) is 2. The molecule has 4 heteroatoms. The smallest absolute Gasteiger partial charge is 0.237 e. The van der Waals surface area contributed by atoms with Crippen molar-refractivity contribution in [3.63, 3.8) is 0 Å². The maximum Gasteiger partial charge on any atom is 0.237 e. The Kier molecular flexibility index (Phi) is 5.36. The minimum absolute atomic E-state index is 0.00896. The molecular weight excluding hydrogens is 240 g/mol. The van der Waals surface area contributed by atoms with Crippen molar-refractivity contribution in [1.29, 1.82) is 0 Å². The largest absolute Gasteiger partial charge is 0.394 e. The molecule has 1 saturated heterocycles. The Morgan fingerprint density at radius 2 is 2.16 bits per heavy atom. The lowest BCUT2D eigenvalue weighted by molar-refractivity contribution is -0.124. The summed E-state index contributed by atoms with van der Waals surface area (Å²) >= 11 is 0. The summed E-state index contributed by atoms with van der Waals surface area (Å²) in [5, 5.41) is 15.6. The van der Waals surface area contributed by atoms with Crippen LogP contribution in [0.25, 0.3) is 0 Å². The highest BCUT2D eigenvalue weighted by Gasteiger charge is 2.22. The minimum Gasteiger partial charge on any atom is -0.394 e. The van der Waals surface area contributed by atoms with Crippen LogP contribution < -0.4 is 10.6 Å². The lowest BCUT2D eigenvalue weighted by Crippen LogP contribution is -2.51. The quantitative estimate of drug-likeness (QED) is 0.737. The second kappa shape index (κ2) is 7.26. The van der Waals surface area contributed by atoms with Crippen molar-refractivity contribution in [2.45, 2.75) is 37.8 Å². The van der Waals surface area contributed by atoms with Gasteiger partial charge in [-0.1, -0.05) is 36.8 Å². The zero-order valence-corrected chi connectivity index (χ0v) is 11.1. The van der Waals surface area contributed by atoms with Gasteiger partial charge in [0.05, 0.1) is 18.7 Å². The Labute approximate surface area is 114 Å². The Balaban J connectivity index is 1.86. The molecule has 1 amide bonds. The van der Waals surface area contributed by atoms with Gasteiger partial charge in [-0.3, -0.25) is 4.79 Å². The third kappa shape index (κ3) is 4.33. The Morgan fingerprint density at radius 3 is 2.79 bits per heavy atom. The molecule has 0 aliphatic carbocycles. The fraction of sp³-hybridized carbons (Fsp3) is 0.533. The van der Waals surface area contributed by atoms with Crippen molar-refractivity contribution in [2.24, 2.45) is 0 Å². The normalized spacial score (nSPS) is 20.8. The number of aliphatic hydroxyl groups excluding tert-OH is 1. The van der Waals surface area contributed by atoms with Crippen LogP contribution in [0.5, 0.6) is 0 Å². The van der Waals surface area contributed by atoms with Gasteiger partial charge in [-0.25, -0.2) is 0 Å². The van der Waals surface area contributed by atoms with Crippen molar-refractivity contribution in [3.05, 3.63) is 35.9 Å². The molecule has 1 aromatic rings. The van der Waals surface area contributed by atoms with E-state index >= 15 is 0 Å². The monoisotopic (exact) mass is 262 g/mol. The lowest BCUT2D eigenvalue weighted by atomic mass is 10.0. The number of rotatable bonds is 5. The van der Waals surface area contributed by atoms with E-state index in [1.807, 2.05) is 30.3 Å². The topological polar surface area (TPSA) is 61.4 Å². The number of hydrogen-bond donors (Lipinski definition) is 3. The molecule has 104 valence electrons. The highest BCUT2D eigenvalue weighted by Crippen LogP contribution is 2.08. The van der Waals surface area contributed by atoms with E-state index in [-0.39, 0.29) is 24.6 Å². The van der Waals surface area contributed by atoms with E-state index < -0.39 is 0 Å². The van der Waals surface area contributed by atoms with Crippen molar-refractivity contribution < 1.29 is 9.90 Å². The first-order valence-corrected chi connectivity index (χ1v) is 6.98. The molecule has 1 aliphatic heterocycles. The maximum absolute atomic E-state index is 12.1. The third-order valence-electron chi connectivity index (χ3n) is 3.52. The summed E-state index contributed by atoms with van der Waals surface area (Å²) in [7, 11) is 0. The van der Waals surface area contributed by atoms with E-state index in [1.54, 1.807) is 0 Å². The lowest BCUT2D eigenvalue weighted by Gasteiger charge is -2.25. The van der Waals surface area contributed by atoms with Crippen LogP contribution in [-0.2, 0) is 11.2 Å². The standard InChI is InChI=1S/C15H22N2O2/c18-11-13(10-12-6-2-1-3-7-12)17-15(19)14-8-4-5-9-16-14/h1-3,6-7,13-14,16,18H,4-5,8-11H2,(H,17,19)/t13-,14-/m1/s1. The van der Waals surface area contributed by atoms with Crippen LogP contribution in [0.2, 0.25) is 0 Å². The van der Waals surface area contributed by atoms with E-state index in [9.17, 15) is 9.90 Å². The van der Waals surface area contributed by atoms with Crippen LogP contribution in [0.3, 0.4) is 0 Å². The van der Waals surface area contributed by atoms with Gasteiger partial charge >= 0.3 is 0 Å². The van der Waals surface area contributed by atoms with Crippen LogP contribution >= 0.6 is 0 Å². The molecular formula is C15H22N2O2. The molecule has 1 aromatic carbocycles. The zero-order chi connectivity index (χ0) is 13.5. The van der Waals surface area contributed by atoms with E-state index in [4.69, 9.17) is 0 Å². The van der Waals surface area contributed by atoms with E-state index in [1.165, 1.54) is 0 Å². The summed E-state index contributed by atoms with van der Waals surface area (Å²) < 4.78 is 0. The van der Waals surface area contributed by atoms with Gasteiger partial charge in [0.15, 0.2) is 0 Å². The van der Waals surface area contributed by atoms with Gasteiger partial charge in [0.1, 0.15) is 0 Å². The number of amides is 1. The van der Waals surface area contributed by atoms with Crippen LogP contribution in [0, 0.1) is 0 Å². The first-order valence-electron chi connectivity index (χ1n) is 6.98. The number of piperidine rings is 1. The minimum atomic E-state index is -0.210. The second-order valence-electron chi connectivity index (χ2n) is 5.08. The highest BCUT2D eigenvalue weighted by atomic mass is 16.3. The van der Waals surface area contributed by atoms with Crippen LogP contribution in [0.1, 0.15) is 24.8 Å². The summed E-state index contributed by atoms with van der Waals surface area (Å²) in [6.45, 7) is 0.869. The third-order valence-corrected chi connectivity index (χ3v) is 3.52. The average molecular weight is 262 g/mol. The highest BCUT2D eigenvalue weighted by molar-refractivity contribution is 5.82. The summed E-state index contributed by atoms with van der Waals surface area (Å²) in [6, 6.07) is 9.60. The van der Waals surface area contributed by atoms with Crippen LogP contribution in [0.4, 0.5) is 0 Å². The number of aliphatic hydroxyl groups is 1. The molecule has 4 nitrogen and oxygen atoms in total. The Bertz CT molecular complexity index is 388. The van der Waals surface area contributed by atoms with Crippen molar-refractivity contribution in [3.8, 4) is 0 Å². The van der Waals surface area contributed by atoms with E-state index in [0.717, 1.165) is 31.4 Å². The molecule has 19 heavy (non-hydrogen) atoms. The van der Waals surface area contributed by atoms with Gasteiger partial charge in [-0.05, 0) is 31.4 Å². The average Bonchev–Trinajstić information content (AvgIpc) is 2.48. The molecule has 1 heterocycles. The molecule has 3 N–H and O–H groups in total. The molecule has 0 saturated carbocycles. The summed E-state index contributed by atoms with van der Waals surface area (Å²) in [4.78, 5) is 12.1. The first-order chi connectivity index (χ1) is 9.29. The van der Waals surface area contributed by atoms with Gasteiger partial charge < -0.3 is 15.7 Å². The second-order valence-corrected chi connectivity index (χ2v) is 5.08.